The Kier molecular flexibility index (Phi) is 10.8. The molecule has 0 heteroatoms. The summed E-state index contributed by atoms with van der Waals surface area (Å²) in [5.41, 5.74) is 1.08. The highest BCUT2D eigenvalue weighted by atomic mass is 14.4. The van der Waals surface area contributed by atoms with E-state index in [1.807, 2.05) is 0 Å². The second-order valence-corrected chi connectivity index (χ2v) is 13.5. The highest BCUT2D eigenvalue weighted by molar-refractivity contribution is 4.87. The van der Waals surface area contributed by atoms with Crippen LogP contribution < -0.4 is 0 Å². The van der Waals surface area contributed by atoms with Crippen LogP contribution in [0.1, 0.15) is 134 Å². The Labute approximate surface area is 186 Å². The summed E-state index contributed by atoms with van der Waals surface area (Å²) >= 11 is 0. The fourth-order valence-electron chi connectivity index (χ4n) is 6.18. The van der Waals surface area contributed by atoms with E-state index >= 15 is 0 Å². The quantitative estimate of drug-likeness (QED) is 0.426. The van der Waals surface area contributed by atoms with Gasteiger partial charge >= 0.3 is 0 Å². The lowest BCUT2D eigenvalue weighted by molar-refractivity contribution is 0.0538. The van der Waals surface area contributed by atoms with Crippen molar-refractivity contribution in [3.8, 4) is 0 Å². The van der Waals surface area contributed by atoms with Crippen molar-refractivity contribution in [1.82, 2.24) is 0 Å². The van der Waals surface area contributed by atoms with Gasteiger partial charge in [-0.3, -0.25) is 0 Å². The maximum absolute atomic E-state index is 2.43. The van der Waals surface area contributed by atoms with Crippen molar-refractivity contribution >= 4 is 0 Å². The zero-order chi connectivity index (χ0) is 22.4. The molecule has 2 aliphatic carbocycles. The van der Waals surface area contributed by atoms with Crippen molar-refractivity contribution in [2.45, 2.75) is 134 Å². The Morgan fingerprint density at radius 3 is 1.72 bits per heavy atom. The average molecular weight is 407 g/mol. The Balaban J connectivity index is 0.000000291. The fourth-order valence-corrected chi connectivity index (χ4v) is 6.18. The predicted octanol–water partition coefficient (Wildman–Crippen LogP) is 10.0. The Bertz CT molecular complexity index is 427. The largest absolute Gasteiger partial charge is 0.0649 e. The molecule has 0 amide bonds. The lowest BCUT2D eigenvalue weighted by atomic mass is 9.61. The molecule has 0 aromatic rings. The van der Waals surface area contributed by atoms with Crippen LogP contribution in [0.3, 0.4) is 0 Å². The van der Waals surface area contributed by atoms with Gasteiger partial charge in [0.05, 0.1) is 0 Å². The Hall–Kier alpha value is 0. The third-order valence-corrected chi connectivity index (χ3v) is 8.77. The van der Waals surface area contributed by atoms with Crippen LogP contribution in [0.25, 0.3) is 0 Å². The van der Waals surface area contributed by atoms with Gasteiger partial charge in [0.25, 0.3) is 0 Å². The minimum atomic E-state index is 0.504. The lowest BCUT2D eigenvalue weighted by Gasteiger charge is -2.44. The molecule has 2 rings (SSSR count). The fraction of sp³-hybridized carbons (Fsp3) is 1.00. The van der Waals surface area contributed by atoms with Crippen molar-refractivity contribution in [3.05, 3.63) is 0 Å². The smallest absolute Gasteiger partial charge is 0.0332 e. The van der Waals surface area contributed by atoms with Gasteiger partial charge in [-0.1, -0.05) is 102 Å². The summed E-state index contributed by atoms with van der Waals surface area (Å²) in [6, 6.07) is 0. The van der Waals surface area contributed by atoms with Crippen molar-refractivity contribution in [1.29, 1.82) is 0 Å². The van der Waals surface area contributed by atoms with Crippen LogP contribution in [0.4, 0.5) is 0 Å². The van der Waals surface area contributed by atoms with E-state index in [1.165, 1.54) is 57.8 Å². The summed E-state index contributed by atoms with van der Waals surface area (Å²) < 4.78 is 0. The standard InChI is InChI=1S/C15H30.C14H28/c1-6-15(4,5)11-13-7-9-14(10-8-13)12(2)3;1-10(2)12-8-7-11(3)9-13(12)14(4,5)6/h12-14H,6-11H2,1-5H3;10-13H,7-9H2,1-6H3/t;11?,12-,13?/m.0/s1. The molecule has 0 spiro atoms. The molecule has 0 aromatic heterocycles. The van der Waals surface area contributed by atoms with Gasteiger partial charge in [0.15, 0.2) is 0 Å². The van der Waals surface area contributed by atoms with Gasteiger partial charge in [0.2, 0.25) is 0 Å². The van der Waals surface area contributed by atoms with Gasteiger partial charge in [-0.15, -0.1) is 0 Å². The number of hydrogen-bond donors (Lipinski definition) is 0. The summed E-state index contributed by atoms with van der Waals surface area (Å²) in [4.78, 5) is 0. The predicted molar refractivity (Wildman–Crippen MR) is 133 cm³/mol. The molecule has 0 heterocycles. The summed E-state index contributed by atoms with van der Waals surface area (Å²) in [5.74, 6) is 6.67. The van der Waals surface area contributed by atoms with Crippen LogP contribution in [0.2, 0.25) is 0 Å². The SMILES string of the molecule is CC1CC[C@@H](C(C)C)C(C(C)(C)C)C1.CCC(C)(C)CC1CCC(C(C)C)CC1. The average Bonchev–Trinajstić information content (AvgIpc) is 2.61. The van der Waals surface area contributed by atoms with Crippen LogP contribution in [-0.2, 0) is 0 Å². The molecule has 0 bridgehead atoms. The topological polar surface area (TPSA) is 0 Å². The maximum atomic E-state index is 2.43. The third kappa shape index (κ3) is 9.35. The second kappa shape index (κ2) is 11.6. The summed E-state index contributed by atoms with van der Waals surface area (Å²) in [7, 11) is 0. The van der Waals surface area contributed by atoms with E-state index in [4.69, 9.17) is 0 Å². The molecule has 29 heavy (non-hydrogen) atoms. The zero-order valence-electron chi connectivity index (χ0n) is 22.4. The van der Waals surface area contributed by atoms with Gasteiger partial charge in [-0.25, -0.2) is 0 Å². The van der Waals surface area contributed by atoms with Crippen LogP contribution in [0.15, 0.2) is 0 Å². The van der Waals surface area contributed by atoms with Gasteiger partial charge in [0.1, 0.15) is 0 Å². The molecule has 3 atom stereocenters. The normalized spacial score (nSPS) is 31.6. The highest BCUT2D eigenvalue weighted by Gasteiger charge is 2.37. The van der Waals surface area contributed by atoms with Crippen LogP contribution >= 0.6 is 0 Å². The molecular weight excluding hydrogens is 348 g/mol. The molecule has 2 aliphatic rings. The molecule has 2 fully saturated rings. The maximum Gasteiger partial charge on any atom is -0.0332 e. The molecule has 0 radical (unpaired) electrons. The summed E-state index contributed by atoms with van der Waals surface area (Å²) in [6.45, 7) is 26.5. The first-order chi connectivity index (χ1) is 13.3. The summed E-state index contributed by atoms with van der Waals surface area (Å²) in [6.07, 6.45) is 13.1. The van der Waals surface area contributed by atoms with Gasteiger partial charge < -0.3 is 0 Å². The minimum Gasteiger partial charge on any atom is -0.0649 e. The Morgan fingerprint density at radius 2 is 1.31 bits per heavy atom. The van der Waals surface area contributed by atoms with Crippen LogP contribution in [-0.4, -0.2) is 0 Å². The summed E-state index contributed by atoms with van der Waals surface area (Å²) in [5, 5.41) is 0. The minimum absolute atomic E-state index is 0.504. The van der Waals surface area contributed by atoms with Crippen molar-refractivity contribution in [3.63, 3.8) is 0 Å². The van der Waals surface area contributed by atoms with E-state index < -0.39 is 0 Å². The van der Waals surface area contributed by atoms with E-state index in [1.54, 1.807) is 0 Å². The van der Waals surface area contributed by atoms with Crippen molar-refractivity contribution in [2.75, 3.05) is 0 Å². The first-order valence-electron chi connectivity index (χ1n) is 13.3. The van der Waals surface area contributed by atoms with E-state index in [2.05, 4.69) is 76.2 Å². The monoisotopic (exact) mass is 406 g/mol. The Morgan fingerprint density at radius 1 is 0.759 bits per heavy atom. The van der Waals surface area contributed by atoms with E-state index in [-0.39, 0.29) is 0 Å². The molecule has 0 aliphatic heterocycles. The molecule has 174 valence electrons. The molecule has 0 nitrogen and oxygen atoms in total. The zero-order valence-corrected chi connectivity index (χ0v) is 22.4. The highest BCUT2D eigenvalue weighted by Crippen LogP contribution is 2.46. The molecule has 2 saturated carbocycles. The molecule has 2 unspecified atom stereocenters. The third-order valence-electron chi connectivity index (χ3n) is 8.77. The molecule has 0 N–H and O–H groups in total. The van der Waals surface area contributed by atoms with Crippen molar-refractivity contribution in [2.24, 2.45) is 52.3 Å². The molecule has 0 aromatic carbocycles. The first-order valence-corrected chi connectivity index (χ1v) is 13.3. The molecular formula is C29H58. The second-order valence-electron chi connectivity index (χ2n) is 13.5. The van der Waals surface area contributed by atoms with Crippen molar-refractivity contribution < 1.29 is 0 Å². The number of rotatable bonds is 5. The van der Waals surface area contributed by atoms with Gasteiger partial charge in [0, 0.05) is 0 Å². The van der Waals surface area contributed by atoms with Gasteiger partial charge in [-0.2, -0.15) is 0 Å². The van der Waals surface area contributed by atoms with E-state index in [9.17, 15) is 0 Å². The van der Waals surface area contributed by atoms with E-state index in [0.29, 0.717) is 10.8 Å². The first kappa shape index (κ1) is 27.0. The lowest BCUT2D eigenvalue weighted by Crippen LogP contribution is -2.36. The van der Waals surface area contributed by atoms with E-state index in [0.717, 1.165) is 41.4 Å². The number of hydrogen-bond acceptors (Lipinski definition) is 0. The van der Waals surface area contributed by atoms with Gasteiger partial charge in [-0.05, 0) is 84.4 Å². The molecule has 0 saturated heterocycles. The van der Waals surface area contributed by atoms with Crippen LogP contribution in [0, 0.1) is 52.3 Å². The van der Waals surface area contributed by atoms with Crippen LogP contribution in [0.5, 0.6) is 0 Å².